The monoisotopic (exact) mass is 392 g/mol. The lowest BCUT2D eigenvalue weighted by atomic mass is 9.82. The number of nitrogens with zero attached hydrogens (tertiary/aromatic N) is 1. The van der Waals surface area contributed by atoms with E-state index >= 15 is 0 Å². The normalized spacial score (nSPS) is 31.0. The number of nitrogens with one attached hydrogen (secondary N) is 1. The summed E-state index contributed by atoms with van der Waals surface area (Å²) in [7, 11) is 0. The molecule has 166 valence electrons. The lowest BCUT2D eigenvalue weighted by Gasteiger charge is -2.29. The molecule has 4 fully saturated rings. The standard InChI is InChI=1S/C9H17N.C9H18.C8H17N/c1-6(2)9-7-3-4-8(5-7)10-9;2*1-8(2)9-6-4-3-5-7-9/h6-10H,3-5H2,1-2H3;8-9H,3-7H2,1-2H3;8H,3-7H2,1-2H3. The molecule has 28 heavy (non-hydrogen) atoms. The van der Waals surface area contributed by atoms with Gasteiger partial charge in [-0.1, -0.05) is 66.2 Å². The summed E-state index contributed by atoms with van der Waals surface area (Å²) in [5.74, 6) is 3.85. The van der Waals surface area contributed by atoms with Gasteiger partial charge in [0.2, 0.25) is 0 Å². The fourth-order valence-corrected chi connectivity index (χ4v) is 5.87. The Morgan fingerprint density at radius 1 is 0.679 bits per heavy atom. The third kappa shape index (κ3) is 7.98. The summed E-state index contributed by atoms with van der Waals surface area (Å²) in [5.41, 5.74) is 0. The van der Waals surface area contributed by atoms with Crippen molar-refractivity contribution < 1.29 is 0 Å². The van der Waals surface area contributed by atoms with Gasteiger partial charge in [-0.15, -0.1) is 0 Å². The number of piperidine rings is 2. The number of likely N-dealkylation sites (tertiary alicyclic amines) is 1. The Morgan fingerprint density at radius 3 is 1.61 bits per heavy atom. The van der Waals surface area contributed by atoms with E-state index in [0.717, 1.165) is 41.8 Å². The number of fused-ring (bicyclic) bond motifs is 2. The molecular formula is C26H52N2. The van der Waals surface area contributed by atoms with Crippen LogP contribution in [0.4, 0.5) is 0 Å². The summed E-state index contributed by atoms with van der Waals surface area (Å²) >= 11 is 0. The zero-order chi connectivity index (χ0) is 20.5. The van der Waals surface area contributed by atoms with Gasteiger partial charge in [0.15, 0.2) is 0 Å². The minimum Gasteiger partial charge on any atom is -0.311 e. The van der Waals surface area contributed by atoms with Crippen LogP contribution in [0.1, 0.15) is 112 Å². The maximum Gasteiger partial charge on any atom is 0.0121 e. The van der Waals surface area contributed by atoms with E-state index in [2.05, 4.69) is 51.8 Å². The van der Waals surface area contributed by atoms with Crippen LogP contribution in [0.15, 0.2) is 0 Å². The van der Waals surface area contributed by atoms with Crippen molar-refractivity contribution in [2.24, 2.45) is 23.7 Å². The second-order valence-corrected chi connectivity index (χ2v) is 11.0. The molecule has 2 saturated heterocycles. The molecule has 3 atom stereocenters. The zero-order valence-corrected chi connectivity index (χ0v) is 20.2. The average molecular weight is 393 g/mol. The molecule has 4 rings (SSSR count). The highest BCUT2D eigenvalue weighted by Crippen LogP contribution is 2.37. The van der Waals surface area contributed by atoms with E-state index in [4.69, 9.17) is 0 Å². The SMILES string of the molecule is CC(C)C1CCCCC1.CC(C)C1NC2CCC1C2.CC(C)N1CCCCC1. The van der Waals surface area contributed by atoms with Crippen molar-refractivity contribution in [1.29, 1.82) is 0 Å². The van der Waals surface area contributed by atoms with Gasteiger partial charge in [0.1, 0.15) is 0 Å². The second-order valence-electron chi connectivity index (χ2n) is 11.0. The van der Waals surface area contributed by atoms with Crippen LogP contribution in [-0.4, -0.2) is 36.1 Å². The van der Waals surface area contributed by atoms with E-state index in [0.29, 0.717) is 0 Å². The molecule has 2 heteroatoms. The van der Waals surface area contributed by atoms with Gasteiger partial charge in [-0.3, -0.25) is 0 Å². The summed E-state index contributed by atoms with van der Waals surface area (Å²) in [6.45, 7) is 16.6. The summed E-state index contributed by atoms with van der Waals surface area (Å²) < 4.78 is 0. The summed E-state index contributed by atoms with van der Waals surface area (Å²) in [6.07, 6.45) is 16.1. The third-order valence-electron chi connectivity index (χ3n) is 7.84. The Labute approximate surface area is 177 Å². The molecule has 2 aliphatic carbocycles. The van der Waals surface area contributed by atoms with E-state index in [1.54, 1.807) is 0 Å². The van der Waals surface area contributed by atoms with Crippen molar-refractivity contribution in [3.63, 3.8) is 0 Å². The fourth-order valence-electron chi connectivity index (χ4n) is 5.87. The Kier molecular flexibility index (Phi) is 10.9. The van der Waals surface area contributed by atoms with Crippen LogP contribution in [-0.2, 0) is 0 Å². The van der Waals surface area contributed by atoms with Gasteiger partial charge < -0.3 is 10.2 Å². The fraction of sp³-hybridized carbons (Fsp3) is 1.00. The Hall–Kier alpha value is -0.0800. The molecule has 0 aromatic carbocycles. The molecule has 2 aliphatic heterocycles. The van der Waals surface area contributed by atoms with Crippen molar-refractivity contribution in [3.05, 3.63) is 0 Å². The first-order valence-electron chi connectivity index (χ1n) is 12.9. The first kappa shape index (κ1) is 24.2. The Balaban J connectivity index is 0.000000151. The van der Waals surface area contributed by atoms with Crippen molar-refractivity contribution >= 4 is 0 Å². The molecule has 2 saturated carbocycles. The predicted octanol–water partition coefficient (Wildman–Crippen LogP) is 6.89. The first-order valence-corrected chi connectivity index (χ1v) is 12.9. The maximum absolute atomic E-state index is 3.69. The van der Waals surface area contributed by atoms with Gasteiger partial charge in [-0.25, -0.2) is 0 Å². The number of hydrogen-bond acceptors (Lipinski definition) is 2. The minimum atomic E-state index is 0.769. The van der Waals surface area contributed by atoms with Crippen LogP contribution in [0.3, 0.4) is 0 Å². The van der Waals surface area contributed by atoms with Crippen molar-refractivity contribution in [2.75, 3.05) is 13.1 Å². The van der Waals surface area contributed by atoms with Crippen molar-refractivity contribution in [3.8, 4) is 0 Å². The van der Waals surface area contributed by atoms with E-state index in [-0.39, 0.29) is 0 Å². The van der Waals surface area contributed by atoms with E-state index in [1.165, 1.54) is 83.7 Å². The Morgan fingerprint density at radius 2 is 1.29 bits per heavy atom. The van der Waals surface area contributed by atoms with Crippen LogP contribution >= 0.6 is 0 Å². The van der Waals surface area contributed by atoms with Gasteiger partial charge in [0, 0.05) is 18.1 Å². The smallest absolute Gasteiger partial charge is 0.0121 e. The molecular weight excluding hydrogens is 340 g/mol. The molecule has 2 bridgehead atoms. The molecule has 2 heterocycles. The summed E-state index contributed by atoms with van der Waals surface area (Å²) in [5, 5.41) is 3.69. The molecule has 0 aromatic heterocycles. The van der Waals surface area contributed by atoms with Gasteiger partial charge in [0.25, 0.3) is 0 Å². The van der Waals surface area contributed by atoms with Crippen LogP contribution in [0, 0.1) is 23.7 Å². The second kappa shape index (κ2) is 12.6. The van der Waals surface area contributed by atoms with E-state index in [1.807, 2.05) is 0 Å². The topological polar surface area (TPSA) is 15.3 Å². The van der Waals surface area contributed by atoms with E-state index in [9.17, 15) is 0 Å². The highest BCUT2D eigenvalue weighted by molar-refractivity contribution is 4.97. The van der Waals surface area contributed by atoms with E-state index < -0.39 is 0 Å². The largest absolute Gasteiger partial charge is 0.311 e. The molecule has 4 aliphatic rings. The molecule has 0 amide bonds. The van der Waals surface area contributed by atoms with Crippen molar-refractivity contribution in [1.82, 2.24) is 10.2 Å². The quantitative estimate of drug-likeness (QED) is 0.562. The molecule has 2 nitrogen and oxygen atoms in total. The van der Waals surface area contributed by atoms with Crippen LogP contribution in [0.2, 0.25) is 0 Å². The first-order chi connectivity index (χ1) is 13.4. The predicted molar refractivity (Wildman–Crippen MR) is 125 cm³/mol. The lowest BCUT2D eigenvalue weighted by Crippen LogP contribution is -2.39. The van der Waals surface area contributed by atoms with Gasteiger partial charge >= 0.3 is 0 Å². The number of rotatable bonds is 3. The lowest BCUT2D eigenvalue weighted by molar-refractivity contribution is 0.185. The van der Waals surface area contributed by atoms with Gasteiger partial charge in [-0.05, 0) is 82.7 Å². The van der Waals surface area contributed by atoms with Crippen LogP contribution < -0.4 is 5.32 Å². The molecule has 0 radical (unpaired) electrons. The highest BCUT2D eigenvalue weighted by Gasteiger charge is 2.39. The Bertz CT molecular complexity index is 369. The van der Waals surface area contributed by atoms with Gasteiger partial charge in [0.05, 0.1) is 0 Å². The summed E-state index contributed by atoms with van der Waals surface area (Å²) in [4.78, 5) is 2.56. The molecule has 3 unspecified atom stereocenters. The molecule has 1 N–H and O–H groups in total. The number of hydrogen-bond donors (Lipinski definition) is 1. The third-order valence-corrected chi connectivity index (χ3v) is 7.84. The average Bonchev–Trinajstić information content (AvgIpc) is 3.34. The van der Waals surface area contributed by atoms with Crippen LogP contribution in [0.5, 0.6) is 0 Å². The summed E-state index contributed by atoms with van der Waals surface area (Å²) in [6, 6.07) is 2.50. The minimum absolute atomic E-state index is 0.769. The van der Waals surface area contributed by atoms with Crippen molar-refractivity contribution in [2.45, 2.75) is 130 Å². The molecule has 0 aromatic rings. The zero-order valence-electron chi connectivity index (χ0n) is 20.2. The maximum atomic E-state index is 3.69. The molecule has 0 spiro atoms. The van der Waals surface area contributed by atoms with Crippen LogP contribution in [0.25, 0.3) is 0 Å². The highest BCUT2D eigenvalue weighted by atomic mass is 15.1. The van der Waals surface area contributed by atoms with Gasteiger partial charge in [-0.2, -0.15) is 0 Å².